The summed E-state index contributed by atoms with van der Waals surface area (Å²) in [5.41, 5.74) is 19.0. The van der Waals surface area contributed by atoms with Crippen LogP contribution in [-0.2, 0) is 0 Å². The standard InChI is InChI=1S/C64H52N2/c1-41-28-42(2)32-56(31-41)65(53-18-8-7-9-19-53)54-24-26-59-61(39-54)63(51-22-20-47-14-10-12-16-49(47)37-51)60-27-25-55(40-62(60)64(59)52-23-21-48-15-11-13-17-50(48)38-52)66(57-33-43(3)29-44(4)34-57)58-35-45(5)30-46(6)36-58/h7-40H,1-6H3. The fourth-order valence-corrected chi connectivity index (χ4v) is 10.5. The molecule has 0 bridgehead atoms. The lowest BCUT2D eigenvalue weighted by molar-refractivity contribution is 1.24. The molecule has 0 unspecified atom stereocenters. The van der Waals surface area contributed by atoms with Crippen molar-refractivity contribution in [1.82, 2.24) is 0 Å². The Balaban J connectivity index is 1.27. The Hall–Kier alpha value is -7.94. The average molecular weight is 849 g/mol. The van der Waals surface area contributed by atoms with Gasteiger partial charge in [0.25, 0.3) is 0 Å². The highest BCUT2D eigenvalue weighted by Gasteiger charge is 2.23. The second kappa shape index (κ2) is 16.6. The van der Waals surface area contributed by atoms with Crippen molar-refractivity contribution >= 4 is 77.2 Å². The van der Waals surface area contributed by atoms with Gasteiger partial charge in [0.15, 0.2) is 0 Å². The van der Waals surface area contributed by atoms with Gasteiger partial charge in [0.2, 0.25) is 0 Å². The van der Waals surface area contributed by atoms with E-state index in [9.17, 15) is 0 Å². The van der Waals surface area contributed by atoms with Gasteiger partial charge >= 0.3 is 0 Å². The van der Waals surface area contributed by atoms with Crippen molar-refractivity contribution in [2.45, 2.75) is 41.5 Å². The summed E-state index contributed by atoms with van der Waals surface area (Å²) >= 11 is 0. The summed E-state index contributed by atoms with van der Waals surface area (Å²) in [5, 5.41) is 9.73. The van der Waals surface area contributed by atoms with E-state index in [0.717, 1.165) is 34.1 Å². The summed E-state index contributed by atoms with van der Waals surface area (Å²) in [7, 11) is 0. The molecule has 0 heterocycles. The highest BCUT2D eigenvalue weighted by atomic mass is 15.1. The maximum absolute atomic E-state index is 2.46. The third-order valence-corrected chi connectivity index (χ3v) is 13.1. The van der Waals surface area contributed by atoms with Gasteiger partial charge in [0.1, 0.15) is 0 Å². The van der Waals surface area contributed by atoms with E-state index >= 15 is 0 Å². The minimum Gasteiger partial charge on any atom is -0.310 e. The minimum atomic E-state index is 1.11. The summed E-state index contributed by atoms with van der Waals surface area (Å²) in [6.07, 6.45) is 0. The van der Waals surface area contributed by atoms with E-state index in [4.69, 9.17) is 0 Å². The van der Waals surface area contributed by atoms with Crippen molar-refractivity contribution in [1.29, 1.82) is 0 Å². The molecular formula is C64H52N2. The molecule has 0 N–H and O–H groups in total. The first-order chi connectivity index (χ1) is 32.1. The molecule has 0 aliphatic rings. The summed E-state index contributed by atoms with van der Waals surface area (Å²) in [6.45, 7) is 13.2. The van der Waals surface area contributed by atoms with Crippen LogP contribution >= 0.6 is 0 Å². The zero-order valence-corrected chi connectivity index (χ0v) is 38.5. The third-order valence-electron chi connectivity index (χ3n) is 13.1. The Morgan fingerprint density at radius 2 is 0.576 bits per heavy atom. The Kier molecular flexibility index (Phi) is 10.2. The summed E-state index contributed by atoms with van der Waals surface area (Å²) in [6, 6.07) is 77.2. The van der Waals surface area contributed by atoms with Gasteiger partial charge < -0.3 is 9.80 Å². The summed E-state index contributed by atoms with van der Waals surface area (Å²) < 4.78 is 0. The number of aryl methyl sites for hydroxylation is 6. The van der Waals surface area contributed by atoms with Crippen LogP contribution in [0.2, 0.25) is 0 Å². The van der Waals surface area contributed by atoms with Crippen molar-refractivity contribution in [3.63, 3.8) is 0 Å². The summed E-state index contributed by atoms with van der Waals surface area (Å²) in [5.74, 6) is 0. The van der Waals surface area contributed by atoms with Gasteiger partial charge in [-0.25, -0.2) is 0 Å². The molecule has 11 aromatic rings. The van der Waals surface area contributed by atoms with E-state index in [-0.39, 0.29) is 0 Å². The Labute approximate surface area is 388 Å². The number of hydrogen-bond donors (Lipinski definition) is 0. The molecule has 11 aromatic carbocycles. The van der Waals surface area contributed by atoms with E-state index in [2.05, 4.69) is 258 Å². The molecule has 318 valence electrons. The van der Waals surface area contributed by atoms with Crippen molar-refractivity contribution in [2.24, 2.45) is 0 Å². The lowest BCUT2D eigenvalue weighted by atomic mass is 9.84. The fourth-order valence-electron chi connectivity index (χ4n) is 10.5. The molecule has 0 saturated carbocycles. The van der Waals surface area contributed by atoms with Gasteiger partial charge in [-0.1, -0.05) is 121 Å². The molecular weight excluding hydrogens is 797 g/mol. The van der Waals surface area contributed by atoms with Gasteiger partial charge in [-0.3, -0.25) is 0 Å². The second-order valence-corrected chi connectivity index (χ2v) is 18.4. The minimum absolute atomic E-state index is 1.11. The van der Waals surface area contributed by atoms with Crippen LogP contribution < -0.4 is 9.80 Å². The quantitative estimate of drug-likeness (QED) is 0.141. The monoisotopic (exact) mass is 848 g/mol. The molecule has 0 fully saturated rings. The normalized spacial score (nSPS) is 11.5. The van der Waals surface area contributed by atoms with Gasteiger partial charge in [-0.2, -0.15) is 0 Å². The zero-order chi connectivity index (χ0) is 45.1. The van der Waals surface area contributed by atoms with E-state index in [1.165, 1.54) is 98.7 Å². The second-order valence-electron chi connectivity index (χ2n) is 18.4. The van der Waals surface area contributed by atoms with Gasteiger partial charge in [-0.05, 0) is 225 Å². The molecule has 0 amide bonds. The third kappa shape index (κ3) is 7.55. The first kappa shape index (κ1) is 40.8. The maximum Gasteiger partial charge on any atom is 0.0468 e. The van der Waals surface area contributed by atoms with E-state index in [1.54, 1.807) is 0 Å². The van der Waals surface area contributed by atoms with Crippen LogP contribution in [0.5, 0.6) is 0 Å². The van der Waals surface area contributed by atoms with E-state index in [0.29, 0.717) is 0 Å². The fraction of sp³-hybridized carbons (Fsp3) is 0.0938. The highest BCUT2D eigenvalue weighted by molar-refractivity contribution is 6.23. The van der Waals surface area contributed by atoms with Gasteiger partial charge in [-0.15, -0.1) is 0 Å². The average Bonchev–Trinajstić information content (AvgIpc) is 3.30. The van der Waals surface area contributed by atoms with Gasteiger partial charge in [0.05, 0.1) is 0 Å². The van der Waals surface area contributed by atoms with Crippen LogP contribution in [-0.4, -0.2) is 0 Å². The molecule has 66 heavy (non-hydrogen) atoms. The Morgan fingerprint density at radius 1 is 0.227 bits per heavy atom. The maximum atomic E-state index is 2.46. The number of anilines is 6. The SMILES string of the molecule is Cc1cc(C)cc(N(c2ccccc2)c2ccc3c(-c4ccc5ccccc5c4)c4cc(N(c5cc(C)cc(C)c5)c5cc(C)cc(C)c5)ccc4c(-c4ccc5ccccc5c4)c3c2)c1. The molecule has 0 spiro atoms. The predicted octanol–water partition coefficient (Wildman–Crippen LogP) is 18.4. The van der Waals surface area contributed by atoms with E-state index in [1.807, 2.05) is 0 Å². The molecule has 0 aliphatic heterocycles. The van der Waals surface area contributed by atoms with Crippen molar-refractivity contribution in [3.05, 3.63) is 240 Å². The largest absolute Gasteiger partial charge is 0.310 e. The zero-order valence-electron chi connectivity index (χ0n) is 38.5. The summed E-state index contributed by atoms with van der Waals surface area (Å²) in [4.78, 5) is 4.87. The molecule has 0 saturated heterocycles. The van der Waals surface area contributed by atoms with E-state index < -0.39 is 0 Å². The van der Waals surface area contributed by atoms with Crippen molar-refractivity contribution in [3.8, 4) is 22.3 Å². The molecule has 0 aromatic heterocycles. The topological polar surface area (TPSA) is 6.48 Å². The molecule has 0 atom stereocenters. The predicted molar refractivity (Wildman–Crippen MR) is 285 cm³/mol. The number of para-hydroxylation sites is 1. The van der Waals surface area contributed by atoms with Crippen molar-refractivity contribution in [2.75, 3.05) is 9.80 Å². The van der Waals surface area contributed by atoms with Crippen LogP contribution in [0.1, 0.15) is 33.4 Å². The van der Waals surface area contributed by atoms with Crippen LogP contribution in [0.25, 0.3) is 65.3 Å². The first-order valence-corrected chi connectivity index (χ1v) is 23.1. The molecule has 0 aliphatic carbocycles. The van der Waals surface area contributed by atoms with Crippen LogP contribution in [0, 0.1) is 41.5 Å². The van der Waals surface area contributed by atoms with Crippen LogP contribution in [0.3, 0.4) is 0 Å². The Bertz CT molecular complexity index is 3560. The van der Waals surface area contributed by atoms with Crippen LogP contribution in [0.15, 0.2) is 206 Å². The lowest BCUT2D eigenvalue weighted by Gasteiger charge is -2.29. The first-order valence-electron chi connectivity index (χ1n) is 23.1. The molecule has 0 radical (unpaired) electrons. The number of hydrogen-bond acceptors (Lipinski definition) is 2. The molecule has 11 rings (SSSR count). The number of nitrogens with zero attached hydrogens (tertiary/aromatic N) is 2. The Morgan fingerprint density at radius 3 is 0.970 bits per heavy atom. The van der Waals surface area contributed by atoms with Gasteiger partial charge in [0, 0.05) is 34.1 Å². The van der Waals surface area contributed by atoms with Crippen molar-refractivity contribution < 1.29 is 0 Å². The van der Waals surface area contributed by atoms with Crippen LogP contribution in [0.4, 0.5) is 34.1 Å². The molecule has 2 heteroatoms. The smallest absolute Gasteiger partial charge is 0.0468 e. The number of rotatable bonds is 8. The number of benzene rings is 11. The molecule has 2 nitrogen and oxygen atoms in total. The highest BCUT2D eigenvalue weighted by Crippen LogP contribution is 2.49. The lowest BCUT2D eigenvalue weighted by Crippen LogP contribution is -2.11. The number of fused-ring (bicyclic) bond motifs is 4.